The summed E-state index contributed by atoms with van der Waals surface area (Å²) in [6.45, 7) is 3.05. The minimum atomic E-state index is 0.126. The SMILES string of the molecule is COCC[C@H]1CN(C(=O)c2cccc3ccccc23)CCN1. The number of fused-ring (bicyclic) bond motifs is 1. The zero-order valence-electron chi connectivity index (χ0n) is 12.9. The van der Waals surface area contributed by atoms with Gasteiger partial charge in [0.1, 0.15) is 0 Å². The van der Waals surface area contributed by atoms with Gasteiger partial charge in [-0.1, -0.05) is 36.4 Å². The maximum atomic E-state index is 12.9. The largest absolute Gasteiger partial charge is 0.385 e. The first-order valence-corrected chi connectivity index (χ1v) is 7.79. The van der Waals surface area contributed by atoms with E-state index in [4.69, 9.17) is 4.74 Å². The van der Waals surface area contributed by atoms with Crippen molar-refractivity contribution in [1.82, 2.24) is 10.2 Å². The van der Waals surface area contributed by atoms with Crippen molar-refractivity contribution >= 4 is 16.7 Å². The summed E-state index contributed by atoms with van der Waals surface area (Å²) in [6, 6.07) is 14.3. The lowest BCUT2D eigenvalue weighted by molar-refractivity contribution is 0.0685. The molecule has 0 spiro atoms. The fourth-order valence-corrected chi connectivity index (χ4v) is 3.05. The highest BCUT2D eigenvalue weighted by Gasteiger charge is 2.24. The van der Waals surface area contributed by atoms with Gasteiger partial charge in [-0.25, -0.2) is 0 Å². The van der Waals surface area contributed by atoms with Gasteiger partial charge in [0.25, 0.3) is 5.91 Å². The fourth-order valence-electron chi connectivity index (χ4n) is 3.05. The second-order valence-corrected chi connectivity index (χ2v) is 5.71. The van der Waals surface area contributed by atoms with Crippen LogP contribution >= 0.6 is 0 Å². The molecule has 2 aromatic rings. The van der Waals surface area contributed by atoms with Crippen LogP contribution < -0.4 is 5.32 Å². The number of hydrogen-bond acceptors (Lipinski definition) is 3. The van der Waals surface area contributed by atoms with E-state index in [0.29, 0.717) is 12.6 Å². The molecule has 1 saturated heterocycles. The maximum Gasteiger partial charge on any atom is 0.254 e. The van der Waals surface area contributed by atoms with Crippen molar-refractivity contribution in [2.75, 3.05) is 33.4 Å². The molecule has 4 nitrogen and oxygen atoms in total. The van der Waals surface area contributed by atoms with Crippen LogP contribution in [0.3, 0.4) is 0 Å². The van der Waals surface area contributed by atoms with Crippen molar-refractivity contribution in [3.8, 4) is 0 Å². The Labute approximate surface area is 131 Å². The second-order valence-electron chi connectivity index (χ2n) is 5.71. The van der Waals surface area contributed by atoms with Crippen LogP contribution in [0.25, 0.3) is 10.8 Å². The molecule has 116 valence electrons. The lowest BCUT2D eigenvalue weighted by Gasteiger charge is -2.34. The molecule has 1 atom stereocenters. The smallest absolute Gasteiger partial charge is 0.254 e. The van der Waals surface area contributed by atoms with Gasteiger partial charge in [-0.3, -0.25) is 4.79 Å². The van der Waals surface area contributed by atoms with Crippen molar-refractivity contribution in [2.45, 2.75) is 12.5 Å². The molecule has 0 bridgehead atoms. The van der Waals surface area contributed by atoms with E-state index in [1.54, 1.807) is 7.11 Å². The predicted molar refractivity (Wildman–Crippen MR) is 88.1 cm³/mol. The molecule has 0 aromatic heterocycles. The minimum Gasteiger partial charge on any atom is -0.385 e. The average Bonchev–Trinajstić information content (AvgIpc) is 2.59. The molecule has 1 heterocycles. The monoisotopic (exact) mass is 298 g/mol. The number of nitrogens with zero attached hydrogens (tertiary/aromatic N) is 1. The Bertz CT molecular complexity index is 651. The predicted octanol–water partition coefficient (Wildman–Crippen LogP) is 2.29. The number of nitrogens with one attached hydrogen (secondary N) is 1. The lowest BCUT2D eigenvalue weighted by Crippen LogP contribution is -2.52. The van der Waals surface area contributed by atoms with Gasteiger partial charge in [0.05, 0.1) is 0 Å². The molecule has 0 aliphatic carbocycles. The Hall–Kier alpha value is -1.91. The third-order valence-electron chi connectivity index (χ3n) is 4.23. The van der Waals surface area contributed by atoms with Crippen LogP contribution in [0.4, 0.5) is 0 Å². The average molecular weight is 298 g/mol. The van der Waals surface area contributed by atoms with Gasteiger partial charge in [-0.05, 0) is 23.3 Å². The first kappa shape index (κ1) is 15.0. The number of rotatable bonds is 4. The summed E-state index contributed by atoms with van der Waals surface area (Å²) in [4.78, 5) is 14.9. The third-order valence-corrected chi connectivity index (χ3v) is 4.23. The standard InChI is InChI=1S/C18H22N2O2/c1-22-12-9-15-13-20(11-10-19-15)18(21)17-8-4-6-14-5-2-3-7-16(14)17/h2-8,15,19H,9-13H2,1H3/t15-/m0/s1. The van der Waals surface area contributed by atoms with Crippen molar-refractivity contribution in [2.24, 2.45) is 0 Å². The van der Waals surface area contributed by atoms with Gasteiger partial charge in [0, 0.05) is 45.0 Å². The topological polar surface area (TPSA) is 41.6 Å². The quantitative estimate of drug-likeness (QED) is 0.941. The highest BCUT2D eigenvalue weighted by molar-refractivity contribution is 6.07. The molecule has 3 rings (SSSR count). The van der Waals surface area contributed by atoms with Crippen LogP contribution in [-0.2, 0) is 4.74 Å². The van der Waals surface area contributed by atoms with Gasteiger partial charge in [-0.2, -0.15) is 0 Å². The van der Waals surface area contributed by atoms with Crippen molar-refractivity contribution in [3.63, 3.8) is 0 Å². The Morgan fingerprint density at radius 1 is 1.27 bits per heavy atom. The third kappa shape index (κ3) is 3.13. The summed E-state index contributed by atoms with van der Waals surface area (Å²) >= 11 is 0. The number of piperazine rings is 1. The van der Waals surface area contributed by atoms with Crippen LogP contribution in [0.5, 0.6) is 0 Å². The molecule has 1 fully saturated rings. The molecule has 2 aromatic carbocycles. The molecule has 0 saturated carbocycles. The molecular formula is C18H22N2O2. The van der Waals surface area contributed by atoms with Gasteiger partial charge in [0.2, 0.25) is 0 Å². The summed E-state index contributed by atoms with van der Waals surface area (Å²) in [5.41, 5.74) is 0.797. The lowest BCUT2D eigenvalue weighted by atomic mass is 10.0. The molecule has 0 unspecified atom stereocenters. The van der Waals surface area contributed by atoms with Gasteiger partial charge >= 0.3 is 0 Å². The molecule has 22 heavy (non-hydrogen) atoms. The molecule has 1 amide bonds. The normalized spacial score (nSPS) is 18.6. The molecule has 1 N–H and O–H groups in total. The van der Waals surface area contributed by atoms with E-state index < -0.39 is 0 Å². The Kier molecular flexibility index (Phi) is 4.71. The number of methoxy groups -OCH3 is 1. The van der Waals surface area contributed by atoms with Gasteiger partial charge in [0.15, 0.2) is 0 Å². The highest BCUT2D eigenvalue weighted by Crippen LogP contribution is 2.20. The van der Waals surface area contributed by atoms with Crippen LogP contribution in [0.2, 0.25) is 0 Å². The van der Waals surface area contributed by atoms with E-state index in [2.05, 4.69) is 5.32 Å². The van der Waals surface area contributed by atoms with E-state index in [9.17, 15) is 4.79 Å². The number of benzene rings is 2. The summed E-state index contributed by atoms with van der Waals surface area (Å²) in [5, 5.41) is 5.59. The Morgan fingerprint density at radius 2 is 2.09 bits per heavy atom. The number of amides is 1. The first-order chi connectivity index (χ1) is 10.8. The minimum absolute atomic E-state index is 0.126. The van der Waals surface area contributed by atoms with Crippen molar-refractivity contribution in [3.05, 3.63) is 48.0 Å². The maximum absolute atomic E-state index is 12.9. The van der Waals surface area contributed by atoms with Gasteiger partial charge < -0.3 is 15.0 Å². The van der Waals surface area contributed by atoms with E-state index in [0.717, 1.165) is 42.4 Å². The van der Waals surface area contributed by atoms with Crippen LogP contribution in [0, 0.1) is 0 Å². The molecular weight excluding hydrogens is 276 g/mol. The van der Waals surface area contributed by atoms with E-state index in [-0.39, 0.29) is 5.91 Å². The van der Waals surface area contributed by atoms with Crippen molar-refractivity contribution in [1.29, 1.82) is 0 Å². The van der Waals surface area contributed by atoms with Crippen LogP contribution in [0.15, 0.2) is 42.5 Å². The van der Waals surface area contributed by atoms with Crippen molar-refractivity contribution < 1.29 is 9.53 Å². The summed E-state index contributed by atoms with van der Waals surface area (Å²) in [5.74, 6) is 0.126. The summed E-state index contributed by atoms with van der Waals surface area (Å²) < 4.78 is 5.14. The van der Waals surface area contributed by atoms with E-state index in [1.165, 1.54) is 0 Å². The molecule has 1 aliphatic heterocycles. The van der Waals surface area contributed by atoms with Gasteiger partial charge in [-0.15, -0.1) is 0 Å². The number of ether oxygens (including phenoxy) is 1. The number of carbonyl (C=O) groups is 1. The zero-order chi connectivity index (χ0) is 15.4. The molecule has 0 radical (unpaired) electrons. The van der Waals surface area contributed by atoms with E-state index in [1.807, 2.05) is 47.4 Å². The highest BCUT2D eigenvalue weighted by atomic mass is 16.5. The first-order valence-electron chi connectivity index (χ1n) is 7.79. The molecule has 1 aliphatic rings. The summed E-state index contributed by atoms with van der Waals surface area (Å²) in [7, 11) is 1.71. The molecule has 4 heteroatoms. The second kappa shape index (κ2) is 6.90. The Balaban J connectivity index is 1.80. The fraction of sp³-hybridized carbons (Fsp3) is 0.389. The van der Waals surface area contributed by atoms with Crippen LogP contribution in [0.1, 0.15) is 16.8 Å². The van der Waals surface area contributed by atoms with Crippen LogP contribution in [-0.4, -0.2) is 50.2 Å². The number of carbonyl (C=O) groups excluding carboxylic acids is 1. The summed E-state index contributed by atoms with van der Waals surface area (Å²) in [6.07, 6.45) is 0.926. The van der Waals surface area contributed by atoms with E-state index >= 15 is 0 Å². The number of hydrogen-bond donors (Lipinski definition) is 1. The Morgan fingerprint density at radius 3 is 2.95 bits per heavy atom. The zero-order valence-corrected chi connectivity index (χ0v) is 12.9.